The maximum atomic E-state index is 12.7. The molecule has 0 saturated carbocycles. The first-order chi connectivity index (χ1) is 13.1. The molecule has 3 unspecified atom stereocenters. The van der Waals surface area contributed by atoms with E-state index in [0.29, 0.717) is 11.5 Å². The van der Waals surface area contributed by atoms with E-state index in [2.05, 4.69) is 29.0 Å². The minimum atomic E-state index is -0.305. The lowest BCUT2D eigenvalue weighted by Gasteiger charge is -2.32. The molecule has 1 N–H and O–H groups in total. The molecule has 0 radical (unpaired) electrons. The summed E-state index contributed by atoms with van der Waals surface area (Å²) >= 11 is 0. The number of H-pyrrole nitrogens is 1. The number of nitrogens with zero attached hydrogens (tertiary/aromatic N) is 2. The molecule has 0 saturated heterocycles. The highest BCUT2D eigenvalue weighted by molar-refractivity contribution is 5.89. The summed E-state index contributed by atoms with van der Waals surface area (Å²) in [5.41, 5.74) is 5.21. The van der Waals surface area contributed by atoms with Crippen LogP contribution in [0.2, 0.25) is 0 Å². The van der Waals surface area contributed by atoms with E-state index in [1.54, 1.807) is 0 Å². The first-order valence-corrected chi connectivity index (χ1v) is 9.67. The predicted octanol–water partition coefficient (Wildman–Crippen LogP) is 3.51. The second-order valence-corrected chi connectivity index (χ2v) is 7.62. The summed E-state index contributed by atoms with van der Waals surface area (Å²) in [6, 6.07) is 7.93. The minimum Gasteiger partial charge on any atom is -0.469 e. The Bertz CT molecular complexity index is 950. The number of nitriles is 1. The van der Waals surface area contributed by atoms with E-state index in [9.17, 15) is 10.1 Å². The summed E-state index contributed by atoms with van der Waals surface area (Å²) in [6.07, 6.45) is 5.03. The van der Waals surface area contributed by atoms with Crippen molar-refractivity contribution in [3.8, 4) is 6.07 Å². The molecule has 27 heavy (non-hydrogen) atoms. The number of methoxy groups -OCH3 is 1. The highest BCUT2D eigenvalue weighted by Gasteiger charge is 2.33. The molecule has 0 fully saturated rings. The summed E-state index contributed by atoms with van der Waals surface area (Å²) in [5, 5.41) is 10.3. The molecule has 0 amide bonds. The van der Waals surface area contributed by atoms with Gasteiger partial charge in [0, 0.05) is 36.2 Å². The lowest BCUT2D eigenvalue weighted by Crippen LogP contribution is -2.36. The van der Waals surface area contributed by atoms with Crippen molar-refractivity contribution in [1.82, 2.24) is 9.88 Å². The Morgan fingerprint density at radius 3 is 3.04 bits per heavy atom. The van der Waals surface area contributed by atoms with Gasteiger partial charge < -0.3 is 9.72 Å². The number of rotatable bonds is 2. The van der Waals surface area contributed by atoms with Crippen LogP contribution in [-0.4, -0.2) is 42.6 Å². The molecular formula is C22H25N3O2. The molecule has 2 aliphatic rings. The number of fused-ring (bicyclic) bond motifs is 5. The minimum absolute atomic E-state index is 0.186. The van der Waals surface area contributed by atoms with Crippen LogP contribution in [0.3, 0.4) is 0 Å². The van der Waals surface area contributed by atoms with Crippen LogP contribution in [-0.2, 0) is 16.0 Å². The number of benzene rings is 1. The SMILES string of the molecule is CCC1=CC2CC(C(=O)OC)c3[nH]c4ccc(C#N)cc4c3CCN(C1)C2. The number of nitrogens with one attached hydrogen (secondary N) is 1. The van der Waals surface area contributed by atoms with Gasteiger partial charge >= 0.3 is 5.97 Å². The van der Waals surface area contributed by atoms with Gasteiger partial charge in [-0.2, -0.15) is 5.26 Å². The first-order valence-electron chi connectivity index (χ1n) is 9.67. The van der Waals surface area contributed by atoms with Gasteiger partial charge in [-0.25, -0.2) is 0 Å². The Morgan fingerprint density at radius 1 is 1.44 bits per heavy atom. The number of esters is 1. The third kappa shape index (κ3) is 3.26. The molecule has 3 atom stereocenters. The topological polar surface area (TPSA) is 69.1 Å². The van der Waals surface area contributed by atoms with E-state index in [0.717, 1.165) is 61.1 Å². The summed E-state index contributed by atoms with van der Waals surface area (Å²) < 4.78 is 5.17. The van der Waals surface area contributed by atoms with Crippen molar-refractivity contribution in [2.45, 2.75) is 32.1 Å². The van der Waals surface area contributed by atoms with E-state index in [1.807, 2.05) is 18.2 Å². The third-order valence-corrected chi connectivity index (χ3v) is 5.96. The highest BCUT2D eigenvalue weighted by atomic mass is 16.5. The van der Waals surface area contributed by atoms with E-state index in [-0.39, 0.29) is 11.9 Å². The van der Waals surface area contributed by atoms with Crippen molar-refractivity contribution in [2.75, 3.05) is 26.7 Å². The number of aromatic nitrogens is 1. The molecule has 2 aliphatic heterocycles. The molecule has 4 rings (SSSR count). The zero-order chi connectivity index (χ0) is 19.0. The molecule has 140 valence electrons. The fraction of sp³-hybridized carbons (Fsp3) is 0.455. The van der Waals surface area contributed by atoms with Crippen LogP contribution in [0.15, 0.2) is 29.8 Å². The van der Waals surface area contributed by atoms with E-state index >= 15 is 0 Å². The lowest BCUT2D eigenvalue weighted by atomic mass is 9.87. The zero-order valence-electron chi connectivity index (χ0n) is 15.9. The van der Waals surface area contributed by atoms with Crippen LogP contribution in [0, 0.1) is 17.2 Å². The molecule has 5 heteroatoms. The zero-order valence-corrected chi connectivity index (χ0v) is 15.9. The van der Waals surface area contributed by atoms with Crippen molar-refractivity contribution in [2.24, 2.45) is 5.92 Å². The fourth-order valence-corrected chi connectivity index (χ4v) is 4.62. The van der Waals surface area contributed by atoms with Crippen molar-refractivity contribution in [3.05, 3.63) is 46.7 Å². The van der Waals surface area contributed by atoms with Gasteiger partial charge in [-0.3, -0.25) is 9.69 Å². The number of carbonyl (C=O) groups is 1. The molecule has 2 aromatic rings. The van der Waals surface area contributed by atoms with Gasteiger partial charge in [-0.05, 0) is 48.9 Å². The third-order valence-electron chi connectivity index (χ3n) is 5.96. The molecule has 0 spiro atoms. The first kappa shape index (κ1) is 17.8. The molecule has 5 nitrogen and oxygen atoms in total. The summed E-state index contributed by atoms with van der Waals surface area (Å²) in [7, 11) is 1.46. The average Bonchev–Trinajstić information content (AvgIpc) is 3.07. The lowest BCUT2D eigenvalue weighted by molar-refractivity contribution is -0.142. The van der Waals surface area contributed by atoms with Crippen molar-refractivity contribution in [1.29, 1.82) is 5.26 Å². The second-order valence-electron chi connectivity index (χ2n) is 7.62. The van der Waals surface area contributed by atoms with E-state index in [1.165, 1.54) is 12.7 Å². The summed E-state index contributed by atoms with van der Waals surface area (Å²) in [4.78, 5) is 18.7. The van der Waals surface area contributed by atoms with Crippen molar-refractivity contribution in [3.63, 3.8) is 0 Å². The Labute approximate surface area is 159 Å². The van der Waals surface area contributed by atoms with Crippen LogP contribution in [0.1, 0.15) is 42.5 Å². The highest BCUT2D eigenvalue weighted by Crippen LogP contribution is 2.36. The van der Waals surface area contributed by atoms with Gasteiger partial charge in [0.1, 0.15) is 0 Å². The largest absolute Gasteiger partial charge is 0.469 e. The molecule has 0 aliphatic carbocycles. The van der Waals surface area contributed by atoms with Crippen LogP contribution in [0.4, 0.5) is 0 Å². The Morgan fingerprint density at radius 2 is 2.30 bits per heavy atom. The standard InChI is InChI=1S/C22H25N3O2/c1-3-14-8-16-10-19(22(26)27-2)21-17(6-7-25(12-14)13-16)18-9-15(11-23)4-5-20(18)24-21/h4-5,8-9,16,19,24H,3,6-7,10,12-13H2,1-2H3. The normalized spacial score (nSPS) is 24.8. The maximum Gasteiger partial charge on any atom is 0.314 e. The van der Waals surface area contributed by atoms with Crippen LogP contribution in [0.5, 0.6) is 0 Å². The van der Waals surface area contributed by atoms with Crippen molar-refractivity contribution >= 4 is 16.9 Å². The fourth-order valence-electron chi connectivity index (χ4n) is 4.62. The second kappa shape index (κ2) is 7.21. The number of hydrogen-bond donors (Lipinski definition) is 1. The summed E-state index contributed by atoms with van der Waals surface area (Å²) in [6.45, 7) is 5.15. The maximum absolute atomic E-state index is 12.7. The molecule has 1 aromatic carbocycles. The van der Waals surface area contributed by atoms with Gasteiger partial charge in [0.2, 0.25) is 0 Å². The quantitative estimate of drug-likeness (QED) is 0.655. The number of hydrogen-bond acceptors (Lipinski definition) is 4. The molecular weight excluding hydrogens is 338 g/mol. The predicted molar refractivity (Wildman–Crippen MR) is 104 cm³/mol. The Kier molecular flexibility index (Phi) is 4.75. The van der Waals surface area contributed by atoms with Crippen molar-refractivity contribution < 1.29 is 9.53 Å². The van der Waals surface area contributed by atoms with Gasteiger partial charge in [0.25, 0.3) is 0 Å². The molecule has 1 aromatic heterocycles. The van der Waals surface area contributed by atoms with Gasteiger partial charge in [0.15, 0.2) is 0 Å². The molecule has 2 bridgehead atoms. The summed E-state index contributed by atoms with van der Waals surface area (Å²) in [5.74, 6) is -0.140. The van der Waals surface area contributed by atoms with E-state index in [4.69, 9.17) is 4.74 Å². The van der Waals surface area contributed by atoms with E-state index < -0.39 is 0 Å². The monoisotopic (exact) mass is 363 g/mol. The van der Waals surface area contributed by atoms with Crippen LogP contribution >= 0.6 is 0 Å². The van der Waals surface area contributed by atoms with Crippen LogP contribution in [0.25, 0.3) is 10.9 Å². The van der Waals surface area contributed by atoms with Gasteiger partial charge in [0.05, 0.1) is 24.7 Å². The number of carbonyl (C=O) groups excluding carboxylic acids is 1. The van der Waals surface area contributed by atoms with Crippen LogP contribution < -0.4 is 0 Å². The van der Waals surface area contributed by atoms with Gasteiger partial charge in [-0.1, -0.05) is 18.6 Å². The Hall–Kier alpha value is -2.58. The number of aromatic amines is 1. The smallest absolute Gasteiger partial charge is 0.314 e. The average molecular weight is 363 g/mol. The molecule has 3 heterocycles. The number of ether oxygens (including phenoxy) is 1. The Balaban J connectivity index is 1.84. The van der Waals surface area contributed by atoms with Gasteiger partial charge in [-0.15, -0.1) is 0 Å².